The van der Waals surface area contributed by atoms with Crippen LogP contribution in [0.4, 0.5) is 0 Å². The van der Waals surface area contributed by atoms with Gasteiger partial charge in [-0.05, 0) is 24.1 Å². The molecule has 3 heteroatoms. The number of oxime groups is 1. The summed E-state index contributed by atoms with van der Waals surface area (Å²) in [5.41, 5.74) is 2.29. The van der Waals surface area contributed by atoms with E-state index in [9.17, 15) is 0 Å². The molecular formula is C13H17NO2. The first-order valence-corrected chi connectivity index (χ1v) is 5.62. The molecule has 0 spiro atoms. The van der Waals surface area contributed by atoms with E-state index in [1.165, 1.54) is 0 Å². The number of methoxy groups -OCH3 is 1. The first-order valence-electron chi connectivity index (χ1n) is 5.62. The number of benzene rings is 1. The number of hydrogen-bond acceptors (Lipinski definition) is 3. The Morgan fingerprint density at radius 1 is 1.31 bits per heavy atom. The Hall–Kier alpha value is -1.51. The van der Waals surface area contributed by atoms with Crippen molar-refractivity contribution >= 4 is 5.71 Å². The van der Waals surface area contributed by atoms with Crippen LogP contribution in [0.15, 0.2) is 29.4 Å². The summed E-state index contributed by atoms with van der Waals surface area (Å²) in [6.45, 7) is 4.26. The molecule has 0 saturated carbocycles. The van der Waals surface area contributed by atoms with Crippen LogP contribution in [-0.2, 0) is 4.84 Å². The van der Waals surface area contributed by atoms with Crippen molar-refractivity contribution in [3.05, 3.63) is 29.8 Å². The van der Waals surface area contributed by atoms with Crippen LogP contribution in [0.2, 0.25) is 0 Å². The van der Waals surface area contributed by atoms with E-state index < -0.39 is 0 Å². The lowest BCUT2D eigenvalue weighted by atomic mass is 9.93. The second kappa shape index (κ2) is 4.56. The molecule has 0 aliphatic carbocycles. The Bertz CT molecular complexity index is 383. The normalized spacial score (nSPS) is 23.8. The van der Waals surface area contributed by atoms with Crippen LogP contribution in [0.25, 0.3) is 0 Å². The lowest BCUT2D eigenvalue weighted by molar-refractivity contribution is 0.0652. The second-order valence-corrected chi connectivity index (χ2v) is 4.02. The van der Waals surface area contributed by atoms with Crippen molar-refractivity contribution < 1.29 is 9.57 Å². The molecule has 0 bridgehead atoms. The highest BCUT2D eigenvalue weighted by molar-refractivity contribution is 5.87. The maximum atomic E-state index is 5.48. The monoisotopic (exact) mass is 219 g/mol. The molecule has 1 aliphatic rings. The fraction of sp³-hybridized carbons (Fsp3) is 0.462. The van der Waals surface area contributed by atoms with Gasteiger partial charge in [0.15, 0.2) is 6.10 Å². The molecule has 0 N–H and O–H groups in total. The SMILES string of the molecule is CCC1=NOC(c2ccc(OC)cc2)C1C. The molecule has 0 amide bonds. The molecule has 1 heterocycles. The third-order valence-corrected chi connectivity index (χ3v) is 3.07. The highest BCUT2D eigenvalue weighted by atomic mass is 16.6. The molecule has 1 aliphatic heterocycles. The van der Waals surface area contributed by atoms with E-state index in [1.54, 1.807) is 7.11 Å². The molecule has 2 atom stereocenters. The zero-order chi connectivity index (χ0) is 11.5. The quantitative estimate of drug-likeness (QED) is 0.781. The topological polar surface area (TPSA) is 30.8 Å². The van der Waals surface area contributed by atoms with Crippen LogP contribution in [0, 0.1) is 5.92 Å². The number of rotatable bonds is 3. The molecule has 0 radical (unpaired) electrons. The highest BCUT2D eigenvalue weighted by Crippen LogP contribution is 2.33. The molecule has 0 saturated heterocycles. The Morgan fingerprint density at radius 2 is 2.00 bits per heavy atom. The predicted molar refractivity (Wildman–Crippen MR) is 63.7 cm³/mol. The van der Waals surface area contributed by atoms with Crippen molar-refractivity contribution in [2.24, 2.45) is 11.1 Å². The molecule has 0 fully saturated rings. The molecule has 2 rings (SSSR count). The summed E-state index contributed by atoms with van der Waals surface area (Å²) < 4.78 is 5.13. The van der Waals surface area contributed by atoms with Gasteiger partial charge in [0, 0.05) is 5.92 Å². The predicted octanol–water partition coefficient (Wildman–Crippen LogP) is 3.17. The van der Waals surface area contributed by atoms with Gasteiger partial charge < -0.3 is 9.57 Å². The summed E-state index contributed by atoms with van der Waals surface area (Å²) in [4.78, 5) is 5.48. The van der Waals surface area contributed by atoms with E-state index in [1.807, 2.05) is 24.3 Å². The average Bonchev–Trinajstić information content (AvgIpc) is 2.70. The number of ether oxygens (including phenoxy) is 1. The van der Waals surface area contributed by atoms with Gasteiger partial charge in [0.1, 0.15) is 5.75 Å². The molecule has 3 nitrogen and oxygen atoms in total. The van der Waals surface area contributed by atoms with Gasteiger partial charge >= 0.3 is 0 Å². The molecule has 86 valence electrons. The van der Waals surface area contributed by atoms with Crippen molar-refractivity contribution in [2.75, 3.05) is 7.11 Å². The molecule has 16 heavy (non-hydrogen) atoms. The standard InChI is InChI=1S/C13H17NO2/c1-4-12-9(2)13(16-14-12)10-5-7-11(15-3)8-6-10/h5-9,13H,4H2,1-3H3. The van der Waals surface area contributed by atoms with Gasteiger partial charge in [0.25, 0.3) is 0 Å². The summed E-state index contributed by atoms with van der Waals surface area (Å²) >= 11 is 0. The summed E-state index contributed by atoms with van der Waals surface area (Å²) in [6, 6.07) is 7.98. The maximum absolute atomic E-state index is 5.48. The van der Waals surface area contributed by atoms with Gasteiger partial charge in [-0.15, -0.1) is 0 Å². The van der Waals surface area contributed by atoms with Gasteiger partial charge in [-0.2, -0.15) is 0 Å². The zero-order valence-electron chi connectivity index (χ0n) is 9.93. The maximum Gasteiger partial charge on any atom is 0.160 e. The minimum Gasteiger partial charge on any atom is -0.497 e. The number of nitrogens with zero attached hydrogens (tertiary/aromatic N) is 1. The molecule has 1 aromatic rings. The van der Waals surface area contributed by atoms with E-state index in [0.29, 0.717) is 5.92 Å². The fourth-order valence-corrected chi connectivity index (χ4v) is 2.00. The van der Waals surface area contributed by atoms with Crippen molar-refractivity contribution in [1.29, 1.82) is 0 Å². The Labute approximate surface area is 96.1 Å². The van der Waals surface area contributed by atoms with Gasteiger partial charge in [-0.3, -0.25) is 0 Å². The van der Waals surface area contributed by atoms with E-state index in [-0.39, 0.29) is 6.10 Å². The van der Waals surface area contributed by atoms with Gasteiger partial charge in [-0.1, -0.05) is 31.1 Å². The van der Waals surface area contributed by atoms with Crippen molar-refractivity contribution in [2.45, 2.75) is 26.4 Å². The molecule has 2 unspecified atom stereocenters. The first-order chi connectivity index (χ1) is 7.76. The summed E-state index contributed by atoms with van der Waals surface area (Å²) in [6.07, 6.45) is 1.01. The highest BCUT2D eigenvalue weighted by Gasteiger charge is 2.30. The van der Waals surface area contributed by atoms with E-state index in [4.69, 9.17) is 9.57 Å². The first kappa shape index (κ1) is 11.0. The van der Waals surface area contributed by atoms with Crippen LogP contribution in [0.3, 0.4) is 0 Å². The summed E-state index contributed by atoms with van der Waals surface area (Å²) in [5.74, 6) is 1.23. The summed E-state index contributed by atoms with van der Waals surface area (Å²) in [5, 5.41) is 4.12. The largest absolute Gasteiger partial charge is 0.497 e. The van der Waals surface area contributed by atoms with E-state index in [0.717, 1.165) is 23.4 Å². The molecule has 0 aromatic heterocycles. The summed E-state index contributed by atoms with van der Waals surface area (Å²) in [7, 11) is 1.67. The average molecular weight is 219 g/mol. The van der Waals surface area contributed by atoms with E-state index >= 15 is 0 Å². The van der Waals surface area contributed by atoms with Gasteiger partial charge in [0.05, 0.1) is 12.8 Å². The lowest BCUT2D eigenvalue weighted by Crippen LogP contribution is -2.12. The van der Waals surface area contributed by atoms with Crippen LogP contribution in [-0.4, -0.2) is 12.8 Å². The van der Waals surface area contributed by atoms with Crippen molar-refractivity contribution in [1.82, 2.24) is 0 Å². The molecular weight excluding hydrogens is 202 g/mol. The minimum atomic E-state index is 0.0563. The van der Waals surface area contributed by atoms with Crippen LogP contribution < -0.4 is 4.74 Å². The third kappa shape index (κ3) is 1.90. The zero-order valence-corrected chi connectivity index (χ0v) is 9.93. The van der Waals surface area contributed by atoms with Gasteiger partial charge in [-0.25, -0.2) is 0 Å². The Morgan fingerprint density at radius 3 is 2.50 bits per heavy atom. The third-order valence-electron chi connectivity index (χ3n) is 3.07. The van der Waals surface area contributed by atoms with Gasteiger partial charge in [0.2, 0.25) is 0 Å². The molecule has 1 aromatic carbocycles. The Kier molecular flexibility index (Phi) is 3.13. The van der Waals surface area contributed by atoms with E-state index in [2.05, 4.69) is 19.0 Å². The Balaban J connectivity index is 2.14. The van der Waals surface area contributed by atoms with Crippen LogP contribution >= 0.6 is 0 Å². The van der Waals surface area contributed by atoms with Crippen LogP contribution in [0.5, 0.6) is 5.75 Å². The van der Waals surface area contributed by atoms with Crippen LogP contribution in [0.1, 0.15) is 31.9 Å². The lowest BCUT2D eigenvalue weighted by Gasteiger charge is -2.14. The second-order valence-electron chi connectivity index (χ2n) is 4.02. The number of hydrogen-bond donors (Lipinski definition) is 0. The van der Waals surface area contributed by atoms with Crippen molar-refractivity contribution in [3.63, 3.8) is 0 Å². The fourth-order valence-electron chi connectivity index (χ4n) is 2.00. The smallest absolute Gasteiger partial charge is 0.160 e. The van der Waals surface area contributed by atoms with Crippen molar-refractivity contribution in [3.8, 4) is 5.75 Å². The minimum absolute atomic E-state index is 0.0563.